The van der Waals surface area contributed by atoms with Crippen LogP contribution in [0.3, 0.4) is 0 Å². The zero-order chi connectivity index (χ0) is 12.3. The Morgan fingerprint density at radius 3 is 2.35 bits per heavy atom. The third kappa shape index (κ3) is 2.52. The number of nitrogens with one attached hydrogen (secondary N) is 2. The lowest BCUT2D eigenvalue weighted by Crippen LogP contribution is -2.23. The predicted molar refractivity (Wildman–Crippen MR) is 64.7 cm³/mol. The second-order valence-corrected chi connectivity index (χ2v) is 3.41. The highest BCUT2D eigenvalue weighted by molar-refractivity contribution is 5.70. The molecule has 0 fully saturated rings. The smallest absolute Gasteiger partial charge is 0.328 e. The second-order valence-electron chi connectivity index (χ2n) is 3.41. The van der Waals surface area contributed by atoms with Crippen LogP contribution < -0.4 is 11.2 Å². The Kier molecular flexibility index (Phi) is 2.91. The maximum atomic E-state index is 11.4. The molecule has 5 heteroatoms. The first kappa shape index (κ1) is 10.9. The topological polar surface area (TPSA) is 85.9 Å². The van der Waals surface area contributed by atoms with Crippen LogP contribution in [0.1, 0.15) is 11.1 Å². The van der Waals surface area contributed by atoms with Gasteiger partial charge in [-0.2, -0.15) is 0 Å². The van der Waals surface area contributed by atoms with Gasteiger partial charge in [-0.3, -0.25) is 14.8 Å². The highest BCUT2D eigenvalue weighted by Gasteiger charge is 2.03. The summed E-state index contributed by atoms with van der Waals surface area (Å²) in [5.74, 6) is -0.439. The average molecular weight is 230 g/mol. The van der Waals surface area contributed by atoms with E-state index in [9.17, 15) is 14.7 Å². The van der Waals surface area contributed by atoms with E-state index < -0.39 is 17.1 Å². The minimum atomic E-state index is -0.732. The molecule has 0 saturated carbocycles. The van der Waals surface area contributed by atoms with Crippen molar-refractivity contribution in [2.24, 2.45) is 0 Å². The van der Waals surface area contributed by atoms with Gasteiger partial charge in [0.2, 0.25) is 5.88 Å². The Balaban J connectivity index is 2.41. The van der Waals surface area contributed by atoms with Crippen LogP contribution in [0.15, 0.2) is 39.9 Å². The highest BCUT2D eigenvalue weighted by Crippen LogP contribution is 2.10. The normalized spacial score (nSPS) is 10.8. The molecule has 1 aromatic heterocycles. The summed E-state index contributed by atoms with van der Waals surface area (Å²) in [6.45, 7) is 0. The van der Waals surface area contributed by atoms with Gasteiger partial charge in [-0.25, -0.2) is 4.79 Å². The number of H-pyrrole nitrogens is 2. The molecule has 2 rings (SSSR count). The molecule has 0 unspecified atom stereocenters. The van der Waals surface area contributed by atoms with Gasteiger partial charge in [-0.15, -0.1) is 0 Å². The fraction of sp³-hybridized carbons (Fsp3) is 0. The highest BCUT2D eigenvalue weighted by atomic mass is 16.3. The Hall–Kier alpha value is -2.56. The predicted octanol–water partition coefficient (Wildman–Crippen LogP) is 0.939. The Labute approximate surface area is 96.1 Å². The summed E-state index contributed by atoms with van der Waals surface area (Å²) in [4.78, 5) is 26.4. The molecule has 0 amide bonds. The largest absolute Gasteiger partial charge is 0.494 e. The summed E-state index contributed by atoms with van der Waals surface area (Å²) in [5.41, 5.74) is -0.450. The fourth-order valence-electron chi connectivity index (χ4n) is 1.38. The molecule has 1 aromatic carbocycles. The Bertz CT molecular complexity index is 653. The number of rotatable bonds is 2. The van der Waals surface area contributed by atoms with Gasteiger partial charge in [0.15, 0.2) is 0 Å². The summed E-state index contributed by atoms with van der Waals surface area (Å²) >= 11 is 0. The molecule has 17 heavy (non-hydrogen) atoms. The van der Waals surface area contributed by atoms with Crippen molar-refractivity contribution in [3.8, 4) is 5.88 Å². The SMILES string of the molecule is O=c1[nH]c(O)c(/C=C/c2ccccc2)c(=O)[nH]1. The number of hydrogen-bond acceptors (Lipinski definition) is 3. The van der Waals surface area contributed by atoms with Crippen LogP contribution in [0.25, 0.3) is 12.2 Å². The second kappa shape index (κ2) is 4.52. The van der Waals surface area contributed by atoms with Crippen molar-refractivity contribution in [2.45, 2.75) is 0 Å². The molecule has 0 radical (unpaired) electrons. The van der Waals surface area contributed by atoms with Gasteiger partial charge < -0.3 is 5.11 Å². The van der Waals surface area contributed by atoms with Crippen LogP contribution in [0.5, 0.6) is 5.88 Å². The maximum Gasteiger partial charge on any atom is 0.328 e. The minimum Gasteiger partial charge on any atom is -0.494 e. The van der Waals surface area contributed by atoms with Gasteiger partial charge in [-0.05, 0) is 11.6 Å². The molecule has 0 aliphatic heterocycles. The lowest BCUT2D eigenvalue weighted by molar-refractivity contribution is 0.447. The third-order valence-corrected chi connectivity index (χ3v) is 2.20. The third-order valence-electron chi connectivity index (χ3n) is 2.20. The molecule has 0 spiro atoms. The first-order chi connectivity index (χ1) is 8.16. The van der Waals surface area contributed by atoms with Crippen LogP contribution >= 0.6 is 0 Å². The Morgan fingerprint density at radius 1 is 1.00 bits per heavy atom. The van der Waals surface area contributed by atoms with Crippen LogP contribution in [0, 0.1) is 0 Å². The number of aromatic amines is 2. The molecule has 0 aliphatic rings. The molecular weight excluding hydrogens is 220 g/mol. The van der Waals surface area contributed by atoms with E-state index in [0.717, 1.165) is 5.56 Å². The quantitative estimate of drug-likeness (QED) is 0.717. The lowest BCUT2D eigenvalue weighted by Gasteiger charge is -1.96. The first-order valence-electron chi connectivity index (χ1n) is 4.95. The molecule has 2 aromatic rings. The number of hydrogen-bond donors (Lipinski definition) is 3. The monoisotopic (exact) mass is 230 g/mol. The zero-order valence-electron chi connectivity index (χ0n) is 8.81. The minimum absolute atomic E-state index is 0.0217. The van der Waals surface area contributed by atoms with Crippen LogP contribution in [-0.4, -0.2) is 15.1 Å². The first-order valence-corrected chi connectivity index (χ1v) is 4.95. The van der Waals surface area contributed by atoms with Gasteiger partial charge in [0.1, 0.15) is 0 Å². The van der Waals surface area contributed by atoms with Gasteiger partial charge in [0, 0.05) is 0 Å². The van der Waals surface area contributed by atoms with Crippen molar-refractivity contribution in [2.75, 3.05) is 0 Å². The molecule has 0 atom stereocenters. The summed E-state index contributed by atoms with van der Waals surface area (Å²) in [7, 11) is 0. The van der Waals surface area contributed by atoms with Crippen molar-refractivity contribution < 1.29 is 5.11 Å². The van der Waals surface area contributed by atoms with Crippen molar-refractivity contribution in [1.82, 2.24) is 9.97 Å². The molecule has 0 bridgehead atoms. The molecular formula is C12H10N2O3. The van der Waals surface area contributed by atoms with E-state index in [4.69, 9.17) is 0 Å². The van der Waals surface area contributed by atoms with E-state index in [-0.39, 0.29) is 5.56 Å². The van der Waals surface area contributed by atoms with Gasteiger partial charge in [-0.1, -0.05) is 36.4 Å². The maximum absolute atomic E-state index is 11.4. The molecule has 0 saturated heterocycles. The van der Waals surface area contributed by atoms with E-state index in [0.29, 0.717) is 0 Å². The summed E-state index contributed by atoms with van der Waals surface area (Å²) < 4.78 is 0. The fourth-order valence-corrected chi connectivity index (χ4v) is 1.38. The van der Waals surface area contributed by atoms with E-state index >= 15 is 0 Å². The summed E-state index contributed by atoms with van der Waals surface area (Å²) in [5, 5.41) is 9.42. The number of aromatic nitrogens is 2. The average Bonchev–Trinajstić information content (AvgIpc) is 2.29. The van der Waals surface area contributed by atoms with Crippen LogP contribution in [0.2, 0.25) is 0 Å². The van der Waals surface area contributed by atoms with Gasteiger partial charge in [0.05, 0.1) is 5.56 Å². The molecule has 1 heterocycles. The summed E-state index contributed by atoms with van der Waals surface area (Å²) in [6, 6.07) is 9.30. The Morgan fingerprint density at radius 2 is 1.71 bits per heavy atom. The van der Waals surface area contributed by atoms with Crippen molar-refractivity contribution in [1.29, 1.82) is 0 Å². The zero-order valence-corrected chi connectivity index (χ0v) is 8.81. The molecule has 3 N–H and O–H groups in total. The standard InChI is InChI=1S/C12H10N2O3/c15-10-9(11(16)14-12(17)13-10)7-6-8-4-2-1-3-5-8/h1-7H,(H3,13,14,15,16,17)/b7-6+. The van der Waals surface area contributed by atoms with Gasteiger partial charge in [0.25, 0.3) is 5.56 Å². The lowest BCUT2D eigenvalue weighted by atomic mass is 10.2. The van der Waals surface area contributed by atoms with Gasteiger partial charge >= 0.3 is 5.69 Å². The van der Waals surface area contributed by atoms with Crippen molar-refractivity contribution >= 4 is 12.2 Å². The van der Waals surface area contributed by atoms with E-state index in [1.807, 2.05) is 35.3 Å². The van der Waals surface area contributed by atoms with E-state index in [2.05, 4.69) is 4.98 Å². The summed E-state index contributed by atoms with van der Waals surface area (Å²) in [6.07, 6.45) is 3.11. The molecule has 5 nitrogen and oxygen atoms in total. The van der Waals surface area contributed by atoms with E-state index in [1.54, 1.807) is 6.08 Å². The number of aromatic hydroxyl groups is 1. The van der Waals surface area contributed by atoms with E-state index in [1.165, 1.54) is 6.08 Å². The van der Waals surface area contributed by atoms with Crippen molar-refractivity contribution in [3.63, 3.8) is 0 Å². The van der Waals surface area contributed by atoms with Crippen LogP contribution in [-0.2, 0) is 0 Å². The van der Waals surface area contributed by atoms with Crippen molar-refractivity contribution in [3.05, 3.63) is 62.3 Å². The number of benzene rings is 1. The van der Waals surface area contributed by atoms with Crippen LogP contribution in [0.4, 0.5) is 0 Å². The molecule has 86 valence electrons. The molecule has 0 aliphatic carbocycles.